The minimum Gasteiger partial charge on any atom is -0.295 e. The third kappa shape index (κ3) is 2.32. The second-order valence-corrected chi connectivity index (χ2v) is 5.95. The van der Waals surface area contributed by atoms with Gasteiger partial charge in [0.05, 0.1) is 22.1 Å². The molecule has 0 saturated heterocycles. The Labute approximate surface area is 128 Å². The van der Waals surface area contributed by atoms with Crippen molar-refractivity contribution in [2.24, 2.45) is 0 Å². The summed E-state index contributed by atoms with van der Waals surface area (Å²) in [6, 6.07) is 10.8. The summed E-state index contributed by atoms with van der Waals surface area (Å²) in [5, 5.41) is -0.235. The zero-order valence-electron chi connectivity index (χ0n) is 12.2. The van der Waals surface area contributed by atoms with Gasteiger partial charge in [-0.2, -0.15) is 0 Å². The molecule has 0 N–H and O–H groups in total. The van der Waals surface area contributed by atoms with Crippen LogP contribution in [0.15, 0.2) is 36.4 Å². The molecule has 0 radical (unpaired) electrons. The van der Waals surface area contributed by atoms with Gasteiger partial charge in [0.25, 0.3) is 0 Å². The summed E-state index contributed by atoms with van der Waals surface area (Å²) in [4.78, 5) is 4.69. The topological polar surface area (TPSA) is 17.8 Å². The Morgan fingerprint density at radius 2 is 1.90 bits per heavy atom. The molecule has 1 heterocycles. The van der Waals surface area contributed by atoms with E-state index < -0.39 is 0 Å². The number of alkyl halides is 1. The van der Waals surface area contributed by atoms with E-state index in [2.05, 4.69) is 4.98 Å². The van der Waals surface area contributed by atoms with E-state index in [1.165, 1.54) is 12.1 Å². The van der Waals surface area contributed by atoms with Crippen molar-refractivity contribution in [1.82, 2.24) is 9.55 Å². The summed E-state index contributed by atoms with van der Waals surface area (Å²) in [5.41, 5.74) is 4.79. The molecule has 21 heavy (non-hydrogen) atoms. The summed E-state index contributed by atoms with van der Waals surface area (Å²) in [6.07, 6.45) is 0. The molecule has 4 heteroatoms. The lowest BCUT2D eigenvalue weighted by Crippen LogP contribution is -2.04. The van der Waals surface area contributed by atoms with Crippen molar-refractivity contribution in [3.63, 3.8) is 0 Å². The van der Waals surface area contributed by atoms with Crippen LogP contribution in [0.25, 0.3) is 16.7 Å². The van der Waals surface area contributed by atoms with Crippen molar-refractivity contribution in [3.8, 4) is 5.69 Å². The first kappa shape index (κ1) is 14.1. The van der Waals surface area contributed by atoms with Crippen molar-refractivity contribution in [1.29, 1.82) is 0 Å². The van der Waals surface area contributed by atoms with Crippen molar-refractivity contribution in [2.75, 3.05) is 0 Å². The maximum Gasteiger partial charge on any atom is 0.132 e. The Morgan fingerprint density at radius 1 is 1.14 bits per heavy atom. The van der Waals surface area contributed by atoms with E-state index in [9.17, 15) is 4.39 Å². The van der Waals surface area contributed by atoms with Crippen molar-refractivity contribution in [2.45, 2.75) is 26.1 Å². The third-order valence-electron chi connectivity index (χ3n) is 3.67. The van der Waals surface area contributed by atoms with Crippen LogP contribution >= 0.6 is 11.6 Å². The van der Waals surface area contributed by atoms with Crippen LogP contribution in [-0.2, 0) is 0 Å². The monoisotopic (exact) mass is 302 g/mol. The second-order valence-electron chi connectivity index (χ2n) is 5.29. The van der Waals surface area contributed by atoms with Gasteiger partial charge in [0, 0.05) is 0 Å². The van der Waals surface area contributed by atoms with Crippen LogP contribution in [0.4, 0.5) is 4.39 Å². The number of hydrogen-bond donors (Lipinski definition) is 0. The summed E-state index contributed by atoms with van der Waals surface area (Å²) < 4.78 is 15.4. The highest BCUT2D eigenvalue weighted by Crippen LogP contribution is 2.30. The zero-order chi connectivity index (χ0) is 15.1. The number of imidazole rings is 1. The Hall–Kier alpha value is -1.87. The minimum atomic E-state index is -0.239. The van der Waals surface area contributed by atoms with Crippen molar-refractivity contribution in [3.05, 3.63) is 59.2 Å². The molecule has 2 nitrogen and oxygen atoms in total. The van der Waals surface area contributed by atoms with Crippen LogP contribution in [0, 0.1) is 19.7 Å². The van der Waals surface area contributed by atoms with E-state index in [-0.39, 0.29) is 11.2 Å². The highest BCUT2D eigenvalue weighted by atomic mass is 35.5. The molecule has 0 aliphatic carbocycles. The van der Waals surface area contributed by atoms with Gasteiger partial charge >= 0.3 is 0 Å². The summed E-state index contributed by atoms with van der Waals surface area (Å²) >= 11 is 6.31. The van der Waals surface area contributed by atoms with Gasteiger partial charge in [-0.25, -0.2) is 9.37 Å². The number of benzene rings is 2. The molecule has 3 aromatic rings. The Kier molecular flexibility index (Phi) is 3.46. The predicted octanol–water partition coefficient (Wildman–Crippen LogP) is 5.08. The van der Waals surface area contributed by atoms with Gasteiger partial charge < -0.3 is 0 Å². The fourth-order valence-electron chi connectivity index (χ4n) is 2.65. The second kappa shape index (κ2) is 5.15. The van der Waals surface area contributed by atoms with Gasteiger partial charge in [-0.15, -0.1) is 11.6 Å². The maximum atomic E-state index is 13.4. The number of para-hydroxylation sites is 1. The number of fused-ring (bicyclic) bond motifs is 1. The molecule has 0 spiro atoms. The molecule has 1 atom stereocenters. The lowest BCUT2D eigenvalue weighted by molar-refractivity contribution is 0.626. The zero-order valence-corrected chi connectivity index (χ0v) is 12.9. The highest BCUT2D eigenvalue weighted by molar-refractivity contribution is 6.20. The number of hydrogen-bond acceptors (Lipinski definition) is 1. The first-order valence-corrected chi connectivity index (χ1v) is 7.31. The Morgan fingerprint density at radius 3 is 2.57 bits per heavy atom. The molecule has 0 amide bonds. The largest absolute Gasteiger partial charge is 0.295 e. The molecule has 3 rings (SSSR count). The SMILES string of the molecule is Cc1cc(F)ccc1-n1c(C(C)Cl)nc2c(C)cccc21. The average Bonchev–Trinajstić information content (AvgIpc) is 2.80. The summed E-state index contributed by atoms with van der Waals surface area (Å²) in [7, 11) is 0. The van der Waals surface area contributed by atoms with Gasteiger partial charge in [0.2, 0.25) is 0 Å². The molecule has 108 valence electrons. The maximum absolute atomic E-state index is 13.4. The van der Waals surface area contributed by atoms with Gasteiger partial charge in [0.1, 0.15) is 11.6 Å². The van der Waals surface area contributed by atoms with Crippen molar-refractivity contribution >= 4 is 22.6 Å². The van der Waals surface area contributed by atoms with E-state index in [4.69, 9.17) is 11.6 Å². The molecule has 1 unspecified atom stereocenters. The number of aromatic nitrogens is 2. The van der Waals surface area contributed by atoms with Gasteiger partial charge in [-0.05, 0) is 56.2 Å². The van der Waals surface area contributed by atoms with Crippen LogP contribution in [0.1, 0.15) is 29.3 Å². The van der Waals surface area contributed by atoms with Crippen molar-refractivity contribution < 1.29 is 4.39 Å². The van der Waals surface area contributed by atoms with Gasteiger partial charge in [-0.1, -0.05) is 12.1 Å². The van der Waals surface area contributed by atoms with Gasteiger partial charge in [-0.3, -0.25) is 4.57 Å². The number of aryl methyl sites for hydroxylation is 2. The summed E-state index contributed by atoms with van der Waals surface area (Å²) in [6.45, 7) is 5.82. The molecule has 0 fully saturated rings. The Balaban J connectivity index is 2.39. The van der Waals surface area contributed by atoms with E-state index in [1.54, 1.807) is 6.07 Å². The number of rotatable bonds is 2. The molecular weight excluding hydrogens is 287 g/mol. The van der Waals surface area contributed by atoms with Crippen LogP contribution in [-0.4, -0.2) is 9.55 Å². The normalized spacial score (nSPS) is 12.8. The molecule has 0 bridgehead atoms. The van der Waals surface area contributed by atoms with Crippen LogP contribution in [0.3, 0.4) is 0 Å². The number of nitrogens with zero attached hydrogens (tertiary/aromatic N) is 2. The average molecular weight is 303 g/mol. The summed E-state index contributed by atoms with van der Waals surface area (Å²) in [5.74, 6) is 0.535. The van der Waals surface area contributed by atoms with E-state index >= 15 is 0 Å². The highest BCUT2D eigenvalue weighted by Gasteiger charge is 2.18. The lowest BCUT2D eigenvalue weighted by Gasteiger charge is -2.13. The van der Waals surface area contributed by atoms with Crippen LogP contribution in [0.5, 0.6) is 0 Å². The molecule has 1 aromatic heterocycles. The van der Waals surface area contributed by atoms with E-state index in [1.807, 2.05) is 43.5 Å². The molecule has 2 aromatic carbocycles. The fraction of sp³-hybridized carbons (Fsp3) is 0.235. The molecule has 0 aliphatic heterocycles. The Bertz CT molecular complexity index is 821. The van der Waals surface area contributed by atoms with Crippen LogP contribution < -0.4 is 0 Å². The lowest BCUT2D eigenvalue weighted by atomic mass is 10.1. The standard InChI is InChI=1S/C17H16ClFN2/c1-10-5-4-6-15-16(10)20-17(12(3)18)21(15)14-8-7-13(19)9-11(14)2/h4-9,12H,1-3H3. The number of halogens is 2. The predicted molar refractivity (Wildman–Crippen MR) is 84.8 cm³/mol. The molecule has 0 saturated carbocycles. The van der Waals surface area contributed by atoms with Crippen LogP contribution in [0.2, 0.25) is 0 Å². The third-order valence-corrected chi connectivity index (χ3v) is 3.86. The van der Waals surface area contributed by atoms with E-state index in [0.29, 0.717) is 0 Å². The van der Waals surface area contributed by atoms with Gasteiger partial charge in [0.15, 0.2) is 0 Å². The first-order chi connectivity index (χ1) is 9.99. The van der Waals surface area contributed by atoms with E-state index in [0.717, 1.165) is 33.7 Å². The minimum absolute atomic E-state index is 0.235. The molecule has 0 aliphatic rings. The quantitative estimate of drug-likeness (QED) is 0.604. The first-order valence-electron chi connectivity index (χ1n) is 6.87. The molecular formula is C17H16ClFN2. The fourth-order valence-corrected chi connectivity index (χ4v) is 2.79. The smallest absolute Gasteiger partial charge is 0.132 e.